The fraction of sp³-hybridized carbons (Fsp3) is 0.417. The number of nitrogens with one attached hydrogen (secondary N) is 2. The number of urea groups is 1. The van der Waals surface area contributed by atoms with Crippen molar-refractivity contribution in [2.24, 2.45) is 0 Å². The minimum atomic E-state index is -0.666. The van der Waals surface area contributed by atoms with E-state index in [-0.39, 0.29) is 6.61 Å². The number of halogens is 1. The molecule has 4 nitrogen and oxygen atoms in total. The number of aryl methyl sites for hydroxylation is 1. The molecule has 0 spiro atoms. The Labute approximate surface area is 106 Å². The van der Waals surface area contributed by atoms with Crippen LogP contribution in [-0.2, 0) is 0 Å². The second-order valence-electron chi connectivity index (χ2n) is 4.56. The van der Waals surface area contributed by atoms with Crippen molar-refractivity contribution in [3.05, 3.63) is 28.8 Å². The van der Waals surface area contributed by atoms with Gasteiger partial charge in [0.25, 0.3) is 0 Å². The molecular formula is C12H17ClN2O2. The fourth-order valence-electron chi connectivity index (χ4n) is 1.24. The van der Waals surface area contributed by atoms with Crippen LogP contribution in [0.15, 0.2) is 18.2 Å². The number of rotatable bonds is 3. The Bertz CT molecular complexity index is 419. The molecule has 2 amide bonds. The number of carbonyl (C=O) groups is 1. The minimum absolute atomic E-state index is 0.137. The molecule has 1 aromatic carbocycles. The van der Waals surface area contributed by atoms with Gasteiger partial charge in [-0.25, -0.2) is 4.79 Å². The number of hydrogen-bond donors (Lipinski definition) is 3. The summed E-state index contributed by atoms with van der Waals surface area (Å²) in [6, 6.07) is 5.01. The Balaban J connectivity index is 2.72. The highest BCUT2D eigenvalue weighted by atomic mass is 35.5. The quantitative estimate of drug-likeness (QED) is 0.778. The maximum atomic E-state index is 11.7. The van der Waals surface area contributed by atoms with Crippen LogP contribution in [0.2, 0.25) is 5.02 Å². The Hall–Kier alpha value is -1.26. The molecule has 0 fully saturated rings. The molecule has 0 aromatic heterocycles. The standard InChI is InChI=1S/C12H17ClN2O2/c1-8-5-4-6-9(10(8)13)14-11(17)15-12(2,3)7-16/h4-6,16H,7H2,1-3H3,(H2,14,15,17). The Kier molecular flexibility index (Phi) is 4.37. The Morgan fingerprint density at radius 2 is 2.12 bits per heavy atom. The van der Waals surface area contributed by atoms with E-state index >= 15 is 0 Å². The first kappa shape index (κ1) is 13.8. The third kappa shape index (κ3) is 3.91. The molecule has 17 heavy (non-hydrogen) atoms. The SMILES string of the molecule is Cc1cccc(NC(=O)NC(C)(C)CO)c1Cl. The molecule has 0 atom stereocenters. The molecule has 0 aliphatic rings. The molecule has 0 heterocycles. The summed E-state index contributed by atoms with van der Waals surface area (Å²) in [5.41, 5.74) is 0.782. The number of carbonyl (C=O) groups excluding carboxylic acids is 1. The van der Waals surface area contributed by atoms with Crippen molar-refractivity contribution in [2.75, 3.05) is 11.9 Å². The van der Waals surface area contributed by atoms with Gasteiger partial charge in [-0.15, -0.1) is 0 Å². The Morgan fingerprint density at radius 1 is 1.47 bits per heavy atom. The van der Waals surface area contributed by atoms with Gasteiger partial charge in [-0.2, -0.15) is 0 Å². The predicted molar refractivity (Wildman–Crippen MR) is 69.5 cm³/mol. The van der Waals surface area contributed by atoms with E-state index in [1.807, 2.05) is 19.1 Å². The molecule has 0 radical (unpaired) electrons. The second kappa shape index (κ2) is 5.38. The number of hydrogen-bond acceptors (Lipinski definition) is 2. The summed E-state index contributed by atoms with van der Waals surface area (Å²) in [7, 11) is 0. The molecular weight excluding hydrogens is 240 g/mol. The van der Waals surface area contributed by atoms with Gasteiger partial charge in [-0.05, 0) is 32.4 Å². The van der Waals surface area contributed by atoms with Crippen molar-refractivity contribution in [3.8, 4) is 0 Å². The van der Waals surface area contributed by atoms with Crippen LogP contribution in [0.4, 0.5) is 10.5 Å². The van der Waals surface area contributed by atoms with Crippen molar-refractivity contribution in [3.63, 3.8) is 0 Å². The van der Waals surface area contributed by atoms with Crippen molar-refractivity contribution < 1.29 is 9.90 Å². The van der Waals surface area contributed by atoms with Gasteiger partial charge in [0.15, 0.2) is 0 Å². The molecule has 94 valence electrons. The summed E-state index contributed by atoms with van der Waals surface area (Å²) in [4.78, 5) is 11.7. The van der Waals surface area contributed by atoms with Crippen LogP contribution >= 0.6 is 11.6 Å². The third-order valence-electron chi connectivity index (χ3n) is 2.29. The van der Waals surface area contributed by atoms with Gasteiger partial charge in [0.2, 0.25) is 0 Å². The summed E-state index contributed by atoms with van der Waals surface area (Å²) in [5, 5.41) is 14.8. The molecule has 0 aliphatic carbocycles. The summed E-state index contributed by atoms with van der Waals surface area (Å²) in [6.45, 7) is 5.18. The second-order valence-corrected chi connectivity index (χ2v) is 4.94. The van der Waals surface area contributed by atoms with Crippen molar-refractivity contribution in [1.82, 2.24) is 5.32 Å². The topological polar surface area (TPSA) is 61.4 Å². The molecule has 1 aromatic rings. The van der Waals surface area contributed by atoms with E-state index in [0.717, 1.165) is 5.56 Å². The molecule has 3 N–H and O–H groups in total. The molecule has 1 rings (SSSR count). The maximum absolute atomic E-state index is 11.7. The summed E-state index contributed by atoms with van der Waals surface area (Å²) >= 11 is 6.05. The van der Waals surface area contributed by atoms with Gasteiger partial charge in [-0.3, -0.25) is 0 Å². The first-order valence-corrected chi connectivity index (χ1v) is 5.68. The number of benzene rings is 1. The number of amides is 2. The van der Waals surface area contributed by atoms with Crippen molar-refractivity contribution >= 4 is 23.3 Å². The summed E-state index contributed by atoms with van der Waals surface area (Å²) in [6.07, 6.45) is 0. The van der Waals surface area contributed by atoms with Crippen molar-refractivity contribution in [1.29, 1.82) is 0 Å². The van der Waals surface area contributed by atoms with Crippen LogP contribution in [0.3, 0.4) is 0 Å². The van der Waals surface area contributed by atoms with Crippen LogP contribution < -0.4 is 10.6 Å². The van der Waals surface area contributed by atoms with Gasteiger partial charge in [0.1, 0.15) is 0 Å². The van der Waals surface area contributed by atoms with Crippen LogP contribution in [0.1, 0.15) is 19.4 Å². The van der Waals surface area contributed by atoms with Gasteiger partial charge < -0.3 is 15.7 Å². The fourth-order valence-corrected chi connectivity index (χ4v) is 1.42. The molecule has 0 aliphatic heterocycles. The molecule has 5 heteroatoms. The Morgan fingerprint density at radius 3 is 2.71 bits per heavy atom. The largest absolute Gasteiger partial charge is 0.394 e. The summed E-state index contributed by atoms with van der Waals surface area (Å²) < 4.78 is 0. The zero-order valence-electron chi connectivity index (χ0n) is 10.2. The number of aliphatic hydroxyl groups is 1. The van der Waals surface area contributed by atoms with E-state index in [0.29, 0.717) is 10.7 Å². The van der Waals surface area contributed by atoms with Gasteiger partial charge in [0, 0.05) is 0 Å². The lowest BCUT2D eigenvalue weighted by Crippen LogP contribution is -2.48. The average molecular weight is 257 g/mol. The van der Waals surface area contributed by atoms with E-state index in [1.165, 1.54) is 0 Å². The monoisotopic (exact) mass is 256 g/mol. The van der Waals surface area contributed by atoms with E-state index < -0.39 is 11.6 Å². The van der Waals surface area contributed by atoms with Crippen LogP contribution in [0.5, 0.6) is 0 Å². The molecule has 0 saturated carbocycles. The van der Waals surface area contributed by atoms with E-state index in [2.05, 4.69) is 10.6 Å². The van der Waals surface area contributed by atoms with Crippen LogP contribution in [-0.4, -0.2) is 23.3 Å². The van der Waals surface area contributed by atoms with E-state index in [9.17, 15) is 4.79 Å². The lowest BCUT2D eigenvalue weighted by molar-refractivity contribution is 0.187. The highest BCUT2D eigenvalue weighted by Crippen LogP contribution is 2.24. The molecule has 0 saturated heterocycles. The maximum Gasteiger partial charge on any atom is 0.319 e. The van der Waals surface area contributed by atoms with E-state index in [1.54, 1.807) is 19.9 Å². The normalized spacial score (nSPS) is 11.1. The highest BCUT2D eigenvalue weighted by molar-refractivity contribution is 6.34. The molecule has 0 unspecified atom stereocenters. The highest BCUT2D eigenvalue weighted by Gasteiger charge is 2.19. The third-order valence-corrected chi connectivity index (χ3v) is 2.79. The number of anilines is 1. The molecule has 0 bridgehead atoms. The van der Waals surface area contributed by atoms with Gasteiger partial charge in [-0.1, -0.05) is 23.7 Å². The van der Waals surface area contributed by atoms with E-state index in [4.69, 9.17) is 16.7 Å². The number of aliphatic hydroxyl groups excluding tert-OH is 1. The summed E-state index contributed by atoms with van der Waals surface area (Å²) in [5.74, 6) is 0. The van der Waals surface area contributed by atoms with Crippen molar-refractivity contribution in [2.45, 2.75) is 26.3 Å². The smallest absolute Gasteiger partial charge is 0.319 e. The van der Waals surface area contributed by atoms with Gasteiger partial charge >= 0.3 is 6.03 Å². The lowest BCUT2D eigenvalue weighted by Gasteiger charge is -2.23. The van der Waals surface area contributed by atoms with Crippen LogP contribution in [0.25, 0.3) is 0 Å². The lowest BCUT2D eigenvalue weighted by atomic mass is 10.1. The average Bonchev–Trinajstić information content (AvgIpc) is 2.24. The predicted octanol–water partition coefficient (Wildman–Crippen LogP) is 2.54. The first-order valence-electron chi connectivity index (χ1n) is 5.31. The zero-order chi connectivity index (χ0) is 13.1. The van der Waals surface area contributed by atoms with Gasteiger partial charge in [0.05, 0.1) is 22.9 Å². The first-order chi connectivity index (χ1) is 7.85. The van der Waals surface area contributed by atoms with Crippen LogP contribution in [0, 0.1) is 6.92 Å². The zero-order valence-corrected chi connectivity index (χ0v) is 10.9. The minimum Gasteiger partial charge on any atom is -0.394 e.